The Labute approximate surface area is 110 Å². The van der Waals surface area contributed by atoms with Gasteiger partial charge in [0.25, 0.3) is 0 Å². The number of nitrogens with zero attached hydrogens (tertiary/aromatic N) is 1. The molecule has 0 aromatic heterocycles. The lowest BCUT2D eigenvalue weighted by atomic mass is 10.2. The van der Waals surface area contributed by atoms with Crippen LogP contribution in [-0.4, -0.2) is 37.6 Å². The molecule has 3 N–H and O–H groups in total. The van der Waals surface area contributed by atoms with E-state index in [1.54, 1.807) is 6.92 Å². The van der Waals surface area contributed by atoms with Gasteiger partial charge in [-0.1, -0.05) is 0 Å². The minimum absolute atomic E-state index is 0.0456. The quantitative estimate of drug-likeness (QED) is 0.547. The van der Waals surface area contributed by atoms with E-state index in [2.05, 4.69) is 5.32 Å². The summed E-state index contributed by atoms with van der Waals surface area (Å²) in [5.41, 5.74) is 6.49. The Bertz CT molecular complexity index is 638. The minimum Gasteiger partial charge on any atom is -0.399 e. The second-order valence-electron chi connectivity index (χ2n) is 4.27. The Morgan fingerprint density at radius 3 is 2.32 bits per heavy atom. The number of hydrogen-bond acceptors (Lipinski definition) is 5. The summed E-state index contributed by atoms with van der Waals surface area (Å²) in [4.78, 5) is 22.5. The number of nitrogens with two attached hydrogens (primary N) is 1. The molecule has 0 atom stereocenters. The van der Waals surface area contributed by atoms with Gasteiger partial charge < -0.3 is 5.73 Å². The van der Waals surface area contributed by atoms with Crippen LogP contribution in [0.1, 0.15) is 5.56 Å². The van der Waals surface area contributed by atoms with Crippen LogP contribution in [0.5, 0.6) is 0 Å². The predicted octanol–water partition coefficient (Wildman–Crippen LogP) is -0.776. The van der Waals surface area contributed by atoms with Crippen LogP contribution in [0.2, 0.25) is 0 Å². The number of anilines is 1. The van der Waals surface area contributed by atoms with E-state index >= 15 is 0 Å². The summed E-state index contributed by atoms with van der Waals surface area (Å²) >= 11 is 0. The van der Waals surface area contributed by atoms with Crippen LogP contribution in [0, 0.1) is 6.92 Å². The fraction of sp³-hybridized carbons (Fsp3) is 0.273. The summed E-state index contributed by atoms with van der Waals surface area (Å²) in [5, 5.41) is 2.05. The maximum atomic E-state index is 12.4. The normalized spacial score (nSPS) is 17.3. The molecule has 0 aliphatic carbocycles. The number of rotatable bonds is 2. The summed E-state index contributed by atoms with van der Waals surface area (Å²) in [6.07, 6.45) is 0. The van der Waals surface area contributed by atoms with Crippen molar-refractivity contribution in [2.24, 2.45) is 0 Å². The average molecular weight is 283 g/mol. The van der Waals surface area contributed by atoms with Crippen LogP contribution in [-0.2, 0) is 19.6 Å². The maximum absolute atomic E-state index is 12.4. The number of nitrogens with one attached hydrogen (secondary N) is 1. The molecule has 0 saturated carbocycles. The molecule has 1 aliphatic rings. The van der Waals surface area contributed by atoms with Gasteiger partial charge in [0, 0.05) is 5.69 Å². The second-order valence-corrected chi connectivity index (χ2v) is 6.18. The van der Waals surface area contributed by atoms with Crippen LogP contribution in [0.3, 0.4) is 0 Å². The third kappa shape index (κ3) is 2.59. The highest BCUT2D eigenvalue weighted by molar-refractivity contribution is 7.89. The molecule has 8 heteroatoms. The van der Waals surface area contributed by atoms with Gasteiger partial charge in [-0.05, 0) is 30.7 Å². The highest BCUT2D eigenvalue weighted by atomic mass is 32.2. The zero-order valence-electron chi connectivity index (χ0n) is 10.2. The topological polar surface area (TPSA) is 110 Å². The van der Waals surface area contributed by atoms with Gasteiger partial charge in [0.2, 0.25) is 21.8 Å². The molecule has 1 heterocycles. The molecule has 102 valence electrons. The summed E-state index contributed by atoms with van der Waals surface area (Å²) < 4.78 is 25.6. The average Bonchev–Trinajstić information content (AvgIpc) is 2.26. The Hall–Kier alpha value is -1.93. The zero-order valence-corrected chi connectivity index (χ0v) is 11.0. The SMILES string of the molecule is Cc1cc(N)ccc1S(=O)(=O)N1CC(=O)NC(=O)C1. The molecule has 0 bridgehead atoms. The van der Waals surface area contributed by atoms with Crippen LogP contribution < -0.4 is 11.1 Å². The van der Waals surface area contributed by atoms with E-state index < -0.39 is 21.8 Å². The number of carbonyl (C=O) groups is 2. The van der Waals surface area contributed by atoms with E-state index in [1.165, 1.54) is 18.2 Å². The van der Waals surface area contributed by atoms with Gasteiger partial charge in [0.05, 0.1) is 18.0 Å². The van der Waals surface area contributed by atoms with Gasteiger partial charge in [0.15, 0.2) is 0 Å². The van der Waals surface area contributed by atoms with Gasteiger partial charge >= 0.3 is 0 Å². The molecule has 2 amide bonds. The lowest BCUT2D eigenvalue weighted by Gasteiger charge is -2.25. The van der Waals surface area contributed by atoms with Crippen molar-refractivity contribution >= 4 is 27.5 Å². The van der Waals surface area contributed by atoms with Crippen molar-refractivity contribution in [1.82, 2.24) is 9.62 Å². The van der Waals surface area contributed by atoms with Crippen molar-refractivity contribution in [2.75, 3.05) is 18.8 Å². The molecule has 0 unspecified atom stereocenters. The number of carbonyl (C=O) groups excluding carboxylic acids is 2. The maximum Gasteiger partial charge on any atom is 0.244 e. The van der Waals surface area contributed by atoms with Crippen molar-refractivity contribution in [3.8, 4) is 0 Å². The standard InChI is InChI=1S/C11H13N3O4S/c1-7-4-8(12)2-3-9(7)19(17,18)14-5-10(15)13-11(16)6-14/h2-4H,5-6,12H2,1H3,(H,13,15,16). The number of nitrogen functional groups attached to an aromatic ring is 1. The summed E-state index contributed by atoms with van der Waals surface area (Å²) in [5.74, 6) is -1.26. The summed E-state index contributed by atoms with van der Waals surface area (Å²) in [6.45, 7) is 0.880. The van der Waals surface area contributed by atoms with Gasteiger partial charge in [0.1, 0.15) is 0 Å². The van der Waals surface area contributed by atoms with Crippen LogP contribution in [0.25, 0.3) is 0 Å². The molecular weight excluding hydrogens is 270 g/mol. The lowest BCUT2D eigenvalue weighted by Crippen LogP contribution is -2.53. The second kappa shape index (κ2) is 4.63. The lowest BCUT2D eigenvalue weighted by molar-refractivity contribution is -0.134. The third-order valence-corrected chi connectivity index (χ3v) is 4.69. The zero-order chi connectivity index (χ0) is 14.2. The van der Waals surface area contributed by atoms with E-state index in [-0.39, 0.29) is 18.0 Å². The van der Waals surface area contributed by atoms with E-state index in [4.69, 9.17) is 5.73 Å². The molecule has 2 rings (SSSR count). The molecule has 1 saturated heterocycles. The molecule has 1 aromatic rings. The van der Waals surface area contributed by atoms with Crippen molar-refractivity contribution in [1.29, 1.82) is 0 Å². The van der Waals surface area contributed by atoms with Crippen molar-refractivity contribution in [2.45, 2.75) is 11.8 Å². The van der Waals surface area contributed by atoms with Gasteiger partial charge in [-0.15, -0.1) is 0 Å². The van der Waals surface area contributed by atoms with Gasteiger partial charge in [-0.25, -0.2) is 8.42 Å². The van der Waals surface area contributed by atoms with Gasteiger partial charge in [-0.3, -0.25) is 14.9 Å². The molecule has 0 radical (unpaired) electrons. The summed E-state index contributed by atoms with van der Waals surface area (Å²) in [7, 11) is -3.88. The monoisotopic (exact) mass is 283 g/mol. The Kier molecular flexibility index (Phi) is 3.29. The highest BCUT2D eigenvalue weighted by Crippen LogP contribution is 2.22. The fourth-order valence-corrected chi connectivity index (χ4v) is 3.44. The Morgan fingerprint density at radius 1 is 1.21 bits per heavy atom. The molecule has 1 fully saturated rings. The van der Waals surface area contributed by atoms with Crippen molar-refractivity contribution < 1.29 is 18.0 Å². The number of sulfonamides is 1. The van der Waals surface area contributed by atoms with Crippen LogP contribution >= 0.6 is 0 Å². The molecule has 7 nitrogen and oxygen atoms in total. The third-order valence-electron chi connectivity index (χ3n) is 2.74. The number of piperazine rings is 1. The van der Waals surface area contributed by atoms with Crippen LogP contribution in [0.4, 0.5) is 5.69 Å². The first-order valence-corrected chi connectivity index (χ1v) is 6.93. The van der Waals surface area contributed by atoms with Crippen molar-refractivity contribution in [3.63, 3.8) is 0 Å². The largest absolute Gasteiger partial charge is 0.399 e. The number of hydrogen-bond donors (Lipinski definition) is 2. The van der Waals surface area contributed by atoms with E-state index in [0.717, 1.165) is 4.31 Å². The van der Waals surface area contributed by atoms with E-state index in [9.17, 15) is 18.0 Å². The molecule has 19 heavy (non-hydrogen) atoms. The molecular formula is C11H13N3O4S. The van der Waals surface area contributed by atoms with E-state index in [1.807, 2.05) is 0 Å². The molecule has 0 spiro atoms. The van der Waals surface area contributed by atoms with Crippen LogP contribution in [0.15, 0.2) is 23.1 Å². The number of imide groups is 1. The molecule has 1 aromatic carbocycles. The first kappa shape index (κ1) is 13.5. The number of benzene rings is 1. The first-order chi connectivity index (χ1) is 8.80. The van der Waals surface area contributed by atoms with Gasteiger partial charge in [-0.2, -0.15) is 4.31 Å². The first-order valence-electron chi connectivity index (χ1n) is 5.49. The summed E-state index contributed by atoms with van der Waals surface area (Å²) in [6, 6.07) is 4.36. The predicted molar refractivity (Wildman–Crippen MR) is 67.5 cm³/mol. The smallest absolute Gasteiger partial charge is 0.244 e. The Balaban J connectivity index is 2.42. The van der Waals surface area contributed by atoms with Crippen molar-refractivity contribution in [3.05, 3.63) is 23.8 Å². The highest BCUT2D eigenvalue weighted by Gasteiger charge is 2.33. The number of amides is 2. The minimum atomic E-state index is -3.88. The van der Waals surface area contributed by atoms with E-state index in [0.29, 0.717) is 11.3 Å². The molecule has 1 aliphatic heterocycles. The fourth-order valence-electron chi connectivity index (χ4n) is 1.88. The number of aryl methyl sites for hydroxylation is 1. The Morgan fingerprint density at radius 2 is 1.79 bits per heavy atom.